The molecule has 0 bridgehead atoms. The van der Waals surface area contributed by atoms with Gasteiger partial charge in [-0.25, -0.2) is 0 Å². The van der Waals surface area contributed by atoms with Crippen LogP contribution in [0.15, 0.2) is 24.4 Å². The second kappa shape index (κ2) is 4.17. The standard InChI is InChI=1S/C14H19N3/c1-2-10-4-3-5-13-11(6-16-14(10)13)7-17-8-12(15)9-17/h3-6,12,16H,2,7-9,15H2,1H3. The summed E-state index contributed by atoms with van der Waals surface area (Å²) in [7, 11) is 0. The second-order valence-corrected chi connectivity index (χ2v) is 4.96. The van der Waals surface area contributed by atoms with Crippen LogP contribution in [0.1, 0.15) is 18.1 Å². The zero-order chi connectivity index (χ0) is 11.8. The normalized spacial score (nSPS) is 17.5. The van der Waals surface area contributed by atoms with Crippen LogP contribution in [-0.4, -0.2) is 29.0 Å². The second-order valence-electron chi connectivity index (χ2n) is 4.96. The van der Waals surface area contributed by atoms with Gasteiger partial charge >= 0.3 is 0 Å². The molecule has 1 aromatic carbocycles. The van der Waals surface area contributed by atoms with Gasteiger partial charge in [0.25, 0.3) is 0 Å². The topological polar surface area (TPSA) is 45.0 Å². The van der Waals surface area contributed by atoms with Crippen molar-refractivity contribution in [1.29, 1.82) is 0 Å². The van der Waals surface area contributed by atoms with E-state index in [1.807, 2.05) is 0 Å². The number of H-pyrrole nitrogens is 1. The van der Waals surface area contributed by atoms with Gasteiger partial charge in [0.05, 0.1) is 0 Å². The molecule has 3 rings (SSSR count). The van der Waals surface area contributed by atoms with Gasteiger partial charge in [0.15, 0.2) is 0 Å². The van der Waals surface area contributed by atoms with E-state index in [9.17, 15) is 0 Å². The number of nitrogens with one attached hydrogen (secondary N) is 1. The Morgan fingerprint density at radius 3 is 2.88 bits per heavy atom. The first-order valence-electron chi connectivity index (χ1n) is 6.33. The first-order chi connectivity index (χ1) is 8.28. The highest BCUT2D eigenvalue weighted by Gasteiger charge is 2.23. The van der Waals surface area contributed by atoms with Crippen molar-refractivity contribution >= 4 is 10.9 Å². The molecule has 3 nitrogen and oxygen atoms in total. The molecule has 0 atom stereocenters. The predicted molar refractivity (Wildman–Crippen MR) is 70.9 cm³/mol. The van der Waals surface area contributed by atoms with Crippen LogP contribution in [0.5, 0.6) is 0 Å². The SMILES string of the molecule is CCc1cccc2c(CN3CC(N)C3)c[nH]c12. The zero-order valence-electron chi connectivity index (χ0n) is 10.2. The first kappa shape index (κ1) is 10.8. The highest BCUT2D eigenvalue weighted by molar-refractivity contribution is 5.86. The van der Waals surface area contributed by atoms with Gasteiger partial charge in [-0.05, 0) is 17.5 Å². The summed E-state index contributed by atoms with van der Waals surface area (Å²) in [6.07, 6.45) is 3.22. The maximum absolute atomic E-state index is 5.81. The van der Waals surface area contributed by atoms with Crippen LogP contribution < -0.4 is 5.73 Å². The van der Waals surface area contributed by atoms with E-state index in [1.165, 1.54) is 22.0 Å². The monoisotopic (exact) mass is 229 g/mol. The lowest BCUT2D eigenvalue weighted by atomic mass is 10.0. The Kier molecular flexibility index (Phi) is 2.65. The van der Waals surface area contributed by atoms with Crippen LogP contribution in [0.3, 0.4) is 0 Å². The molecular weight excluding hydrogens is 210 g/mol. The molecule has 2 heterocycles. The number of likely N-dealkylation sites (tertiary alicyclic amines) is 1. The van der Waals surface area contributed by atoms with Crippen molar-refractivity contribution in [2.75, 3.05) is 13.1 Å². The number of nitrogens with two attached hydrogens (primary N) is 1. The highest BCUT2D eigenvalue weighted by Crippen LogP contribution is 2.24. The number of benzene rings is 1. The summed E-state index contributed by atoms with van der Waals surface area (Å²) >= 11 is 0. The smallest absolute Gasteiger partial charge is 0.0489 e. The quantitative estimate of drug-likeness (QED) is 0.844. The zero-order valence-corrected chi connectivity index (χ0v) is 10.2. The maximum atomic E-state index is 5.81. The molecule has 0 radical (unpaired) electrons. The van der Waals surface area contributed by atoms with Gasteiger partial charge in [-0.2, -0.15) is 0 Å². The van der Waals surface area contributed by atoms with Crippen molar-refractivity contribution in [3.63, 3.8) is 0 Å². The first-order valence-corrected chi connectivity index (χ1v) is 6.33. The van der Waals surface area contributed by atoms with Crippen LogP contribution in [0.4, 0.5) is 0 Å². The number of aromatic amines is 1. The molecule has 1 fully saturated rings. The Labute approximate surface area is 102 Å². The van der Waals surface area contributed by atoms with Crippen molar-refractivity contribution in [3.05, 3.63) is 35.5 Å². The third kappa shape index (κ3) is 1.85. The minimum absolute atomic E-state index is 0.381. The van der Waals surface area contributed by atoms with Crippen molar-refractivity contribution < 1.29 is 0 Å². The van der Waals surface area contributed by atoms with Crippen LogP contribution in [0, 0.1) is 0 Å². The van der Waals surface area contributed by atoms with E-state index < -0.39 is 0 Å². The Hall–Kier alpha value is -1.32. The van der Waals surface area contributed by atoms with E-state index >= 15 is 0 Å². The van der Waals surface area contributed by atoms with E-state index in [-0.39, 0.29) is 0 Å². The average Bonchev–Trinajstić information content (AvgIpc) is 2.70. The van der Waals surface area contributed by atoms with E-state index in [1.54, 1.807) is 0 Å². The van der Waals surface area contributed by atoms with Gasteiger partial charge in [-0.3, -0.25) is 4.90 Å². The molecule has 1 saturated heterocycles. The van der Waals surface area contributed by atoms with Crippen molar-refractivity contribution in [2.45, 2.75) is 25.9 Å². The molecule has 17 heavy (non-hydrogen) atoms. The number of nitrogens with zero attached hydrogens (tertiary/aromatic N) is 1. The van der Waals surface area contributed by atoms with Crippen LogP contribution >= 0.6 is 0 Å². The van der Waals surface area contributed by atoms with Gasteiger partial charge in [-0.15, -0.1) is 0 Å². The number of hydrogen-bond acceptors (Lipinski definition) is 2. The average molecular weight is 229 g/mol. The molecule has 0 unspecified atom stereocenters. The molecule has 1 aromatic heterocycles. The molecule has 3 N–H and O–H groups in total. The molecule has 3 heteroatoms. The third-order valence-corrected chi connectivity index (χ3v) is 3.65. The summed E-state index contributed by atoms with van der Waals surface area (Å²) in [6.45, 7) is 5.27. The Balaban J connectivity index is 1.90. The van der Waals surface area contributed by atoms with Gasteiger partial charge in [0, 0.05) is 42.8 Å². The highest BCUT2D eigenvalue weighted by atomic mass is 15.2. The Morgan fingerprint density at radius 1 is 1.35 bits per heavy atom. The lowest BCUT2D eigenvalue weighted by molar-refractivity contribution is 0.143. The number of aromatic nitrogens is 1. The third-order valence-electron chi connectivity index (χ3n) is 3.65. The largest absolute Gasteiger partial charge is 0.361 e. The van der Waals surface area contributed by atoms with Gasteiger partial charge in [0.1, 0.15) is 0 Å². The van der Waals surface area contributed by atoms with E-state index in [2.05, 4.69) is 41.2 Å². The molecule has 0 aliphatic carbocycles. The van der Waals surface area contributed by atoms with Gasteiger partial charge < -0.3 is 10.7 Å². The summed E-state index contributed by atoms with van der Waals surface area (Å²) in [5.41, 5.74) is 9.90. The summed E-state index contributed by atoms with van der Waals surface area (Å²) < 4.78 is 0. The van der Waals surface area contributed by atoms with Crippen molar-refractivity contribution in [2.24, 2.45) is 5.73 Å². The minimum Gasteiger partial charge on any atom is -0.361 e. The molecule has 1 aliphatic heterocycles. The van der Waals surface area contributed by atoms with E-state index in [0.29, 0.717) is 6.04 Å². The summed E-state index contributed by atoms with van der Waals surface area (Å²) in [6, 6.07) is 6.94. The molecular formula is C14H19N3. The molecule has 0 spiro atoms. The predicted octanol–water partition coefficient (Wildman–Crippen LogP) is 1.87. The lowest BCUT2D eigenvalue weighted by Crippen LogP contribution is -2.54. The number of aryl methyl sites for hydroxylation is 1. The maximum Gasteiger partial charge on any atom is 0.0489 e. The summed E-state index contributed by atoms with van der Waals surface area (Å²) in [4.78, 5) is 5.81. The molecule has 90 valence electrons. The molecule has 0 amide bonds. The summed E-state index contributed by atoms with van der Waals surface area (Å²) in [5.74, 6) is 0. The number of rotatable bonds is 3. The number of para-hydroxylation sites is 1. The fraction of sp³-hybridized carbons (Fsp3) is 0.429. The minimum atomic E-state index is 0.381. The van der Waals surface area contributed by atoms with Crippen LogP contribution in [0.25, 0.3) is 10.9 Å². The fourth-order valence-corrected chi connectivity index (χ4v) is 2.68. The van der Waals surface area contributed by atoms with E-state index in [4.69, 9.17) is 5.73 Å². The number of hydrogen-bond donors (Lipinski definition) is 2. The molecule has 1 aliphatic rings. The Morgan fingerprint density at radius 2 is 2.18 bits per heavy atom. The van der Waals surface area contributed by atoms with Crippen molar-refractivity contribution in [1.82, 2.24) is 9.88 Å². The van der Waals surface area contributed by atoms with Gasteiger partial charge in [0.2, 0.25) is 0 Å². The van der Waals surface area contributed by atoms with Crippen LogP contribution in [-0.2, 0) is 13.0 Å². The number of fused-ring (bicyclic) bond motifs is 1. The summed E-state index contributed by atoms with van der Waals surface area (Å²) in [5, 5.41) is 1.37. The van der Waals surface area contributed by atoms with E-state index in [0.717, 1.165) is 26.1 Å². The molecule has 2 aromatic rings. The Bertz CT molecular complexity index is 523. The molecule has 0 saturated carbocycles. The van der Waals surface area contributed by atoms with Crippen LogP contribution in [0.2, 0.25) is 0 Å². The van der Waals surface area contributed by atoms with Crippen molar-refractivity contribution in [3.8, 4) is 0 Å². The van der Waals surface area contributed by atoms with Gasteiger partial charge in [-0.1, -0.05) is 25.1 Å². The fourth-order valence-electron chi connectivity index (χ4n) is 2.68. The lowest BCUT2D eigenvalue weighted by Gasteiger charge is -2.36.